The number of nitrogens with one attached hydrogen (secondary N) is 1. The fraction of sp³-hybridized carbons (Fsp3) is 0.529. The van der Waals surface area contributed by atoms with E-state index in [1.54, 1.807) is 12.1 Å². The van der Waals surface area contributed by atoms with Crippen molar-refractivity contribution in [1.82, 2.24) is 10.2 Å². The number of hydrogen-bond acceptors (Lipinski definition) is 3. The summed E-state index contributed by atoms with van der Waals surface area (Å²) in [5, 5.41) is 3.43. The van der Waals surface area contributed by atoms with Gasteiger partial charge in [-0.05, 0) is 44.2 Å². The van der Waals surface area contributed by atoms with E-state index in [2.05, 4.69) is 5.32 Å². The Morgan fingerprint density at radius 3 is 2.27 bits per heavy atom. The number of halogens is 1. The second-order valence-corrected chi connectivity index (χ2v) is 6.32. The van der Waals surface area contributed by atoms with Crippen LogP contribution in [0.4, 0.5) is 0 Å². The molecule has 2 heterocycles. The fourth-order valence-corrected chi connectivity index (χ4v) is 3.55. The molecule has 2 aliphatic heterocycles. The Bertz CT molecular complexity index is 558. The summed E-state index contributed by atoms with van der Waals surface area (Å²) in [5.74, 6) is -0.0472. The molecule has 0 aliphatic carbocycles. The minimum atomic E-state index is -0.0487. The molecule has 0 radical (unpaired) electrons. The maximum atomic E-state index is 12.7. The number of likely N-dealkylation sites (tertiary alicyclic amines) is 1. The van der Waals surface area contributed by atoms with Gasteiger partial charge in [-0.2, -0.15) is 0 Å². The first-order valence-corrected chi connectivity index (χ1v) is 7.71. The van der Waals surface area contributed by atoms with Crippen LogP contribution in [0.15, 0.2) is 24.3 Å². The number of piperidine rings is 1. The summed E-state index contributed by atoms with van der Waals surface area (Å²) < 4.78 is 0. The van der Waals surface area contributed by atoms with Crippen LogP contribution >= 0.6 is 12.4 Å². The lowest BCUT2D eigenvalue weighted by Crippen LogP contribution is -2.44. The van der Waals surface area contributed by atoms with Crippen molar-refractivity contribution in [1.29, 1.82) is 0 Å². The Morgan fingerprint density at radius 1 is 1.09 bits per heavy atom. The van der Waals surface area contributed by atoms with E-state index in [9.17, 15) is 9.59 Å². The van der Waals surface area contributed by atoms with E-state index in [-0.39, 0.29) is 24.1 Å². The van der Waals surface area contributed by atoms with Crippen molar-refractivity contribution in [3.8, 4) is 0 Å². The van der Waals surface area contributed by atoms with Crippen LogP contribution in [-0.2, 0) is 0 Å². The Labute approximate surface area is 137 Å². The van der Waals surface area contributed by atoms with Gasteiger partial charge in [0.1, 0.15) is 0 Å². The lowest BCUT2D eigenvalue weighted by Gasteiger charge is -2.39. The number of benzene rings is 1. The first-order chi connectivity index (χ1) is 10.1. The standard InChI is InChI=1S/C17H22N2O2.ClH/c1-13(20)14-4-2-3-5-15(14)16(21)19-10-7-17(8-11-19)6-9-18-12-17;/h2-5,18H,6-12H2,1H3;1H. The highest BCUT2D eigenvalue weighted by Crippen LogP contribution is 2.37. The molecule has 1 spiro atoms. The highest BCUT2D eigenvalue weighted by molar-refractivity contribution is 6.07. The number of carbonyl (C=O) groups is 2. The van der Waals surface area contributed by atoms with E-state index in [1.165, 1.54) is 13.3 Å². The van der Waals surface area contributed by atoms with Crippen LogP contribution in [0.3, 0.4) is 0 Å². The largest absolute Gasteiger partial charge is 0.339 e. The topological polar surface area (TPSA) is 49.4 Å². The van der Waals surface area contributed by atoms with Gasteiger partial charge in [-0.3, -0.25) is 9.59 Å². The average molecular weight is 323 g/mol. The normalized spacial score (nSPS) is 19.8. The second kappa shape index (κ2) is 6.80. The molecule has 1 amide bonds. The van der Waals surface area contributed by atoms with Crippen molar-refractivity contribution in [2.45, 2.75) is 26.2 Å². The van der Waals surface area contributed by atoms with E-state index < -0.39 is 0 Å². The molecule has 0 aromatic heterocycles. The molecule has 2 aliphatic rings. The number of Topliss-reactive ketones (excluding diaryl/α,β-unsaturated/α-hetero) is 1. The summed E-state index contributed by atoms with van der Waals surface area (Å²) in [4.78, 5) is 26.3. The molecule has 0 atom stereocenters. The number of hydrogen-bond donors (Lipinski definition) is 1. The molecule has 3 rings (SSSR count). The zero-order valence-corrected chi connectivity index (χ0v) is 13.7. The van der Waals surface area contributed by atoms with E-state index in [0.717, 1.165) is 39.0 Å². The summed E-state index contributed by atoms with van der Waals surface area (Å²) in [6.45, 7) is 5.29. The summed E-state index contributed by atoms with van der Waals surface area (Å²) >= 11 is 0. The molecule has 4 nitrogen and oxygen atoms in total. The molecule has 120 valence electrons. The predicted molar refractivity (Wildman–Crippen MR) is 88.8 cm³/mol. The molecule has 2 saturated heterocycles. The second-order valence-electron chi connectivity index (χ2n) is 6.32. The zero-order valence-electron chi connectivity index (χ0n) is 12.9. The monoisotopic (exact) mass is 322 g/mol. The Morgan fingerprint density at radius 2 is 1.73 bits per heavy atom. The summed E-state index contributed by atoms with van der Waals surface area (Å²) in [6.07, 6.45) is 3.35. The van der Waals surface area contributed by atoms with Crippen molar-refractivity contribution < 1.29 is 9.59 Å². The number of ketones is 1. The SMILES string of the molecule is CC(=O)c1ccccc1C(=O)N1CCC2(CCNC2)CC1.Cl. The van der Waals surface area contributed by atoms with Crippen molar-refractivity contribution in [3.63, 3.8) is 0 Å². The van der Waals surface area contributed by atoms with Gasteiger partial charge in [0.15, 0.2) is 5.78 Å². The third kappa shape index (κ3) is 3.18. The van der Waals surface area contributed by atoms with E-state index in [0.29, 0.717) is 16.5 Å². The van der Waals surface area contributed by atoms with Gasteiger partial charge in [0.2, 0.25) is 0 Å². The van der Waals surface area contributed by atoms with Crippen molar-refractivity contribution in [3.05, 3.63) is 35.4 Å². The molecular weight excluding hydrogens is 300 g/mol. The molecule has 0 saturated carbocycles. The Kier molecular flexibility index (Phi) is 5.24. The van der Waals surface area contributed by atoms with Gasteiger partial charge in [0.05, 0.1) is 5.56 Å². The van der Waals surface area contributed by atoms with Crippen molar-refractivity contribution in [2.75, 3.05) is 26.2 Å². The minimum Gasteiger partial charge on any atom is -0.339 e. The number of amides is 1. The van der Waals surface area contributed by atoms with Crippen LogP contribution in [0, 0.1) is 5.41 Å². The van der Waals surface area contributed by atoms with Gasteiger partial charge in [-0.25, -0.2) is 0 Å². The molecule has 5 heteroatoms. The maximum absolute atomic E-state index is 12.7. The number of carbonyl (C=O) groups excluding carboxylic acids is 2. The molecule has 0 unspecified atom stereocenters. The third-order valence-corrected chi connectivity index (χ3v) is 4.98. The lowest BCUT2D eigenvalue weighted by molar-refractivity contribution is 0.0604. The maximum Gasteiger partial charge on any atom is 0.254 e. The van der Waals surface area contributed by atoms with Gasteiger partial charge in [-0.1, -0.05) is 18.2 Å². The molecular formula is C17H23ClN2O2. The lowest BCUT2D eigenvalue weighted by atomic mass is 9.77. The number of nitrogens with zero attached hydrogens (tertiary/aromatic N) is 1. The molecule has 1 N–H and O–H groups in total. The van der Waals surface area contributed by atoms with Crippen LogP contribution in [0.1, 0.15) is 46.9 Å². The van der Waals surface area contributed by atoms with Gasteiger partial charge in [0, 0.05) is 25.2 Å². The minimum absolute atomic E-state index is 0. The predicted octanol–water partition coefficient (Wildman–Crippen LogP) is 2.53. The Balaban J connectivity index is 0.00000176. The fourth-order valence-electron chi connectivity index (χ4n) is 3.55. The summed E-state index contributed by atoms with van der Waals surface area (Å²) in [6, 6.07) is 7.14. The van der Waals surface area contributed by atoms with Crippen LogP contribution in [-0.4, -0.2) is 42.8 Å². The highest BCUT2D eigenvalue weighted by Gasteiger charge is 2.38. The first kappa shape index (κ1) is 17.0. The van der Waals surface area contributed by atoms with Gasteiger partial charge < -0.3 is 10.2 Å². The average Bonchev–Trinajstić information content (AvgIpc) is 2.95. The van der Waals surface area contributed by atoms with Gasteiger partial charge in [0.25, 0.3) is 5.91 Å². The highest BCUT2D eigenvalue weighted by atomic mass is 35.5. The molecule has 1 aromatic carbocycles. The quantitative estimate of drug-likeness (QED) is 0.851. The third-order valence-electron chi connectivity index (χ3n) is 4.98. The van der Waals surface area contributed by atoms with Crippen molar-refractivity contribution >= 4 is 24.1 Å². The van der Waals surface area contributed by atoms with Crippen molar-refractivity contribution in [2.24, 2.45) is 5.41 Å². The summed E-state index contributed by atoms with van der Waals surface area (Å²) in [5.41, 5.74) is 1.48. The van der Waals surface area contributed by atoms with Crippen LogP contribution in [0.5, 0.6) is 0 Å². The zero-order chi connectivity index (χ0) is 14.9. The van der Waals surface area contributed by atoms with Crippen LogP contribution in [0.2, 0.25) is 0 Å². The van der Waals surface area contributed by atoms with Crippen LogP contribution < -0.4 is 5.32 Å². The van der Waals surface area contributed by atoms with E-state index >= 15 is 0 Å². The molecule has 2 fully saturated rings. The number of rotatable bonds is 2. The molecule has 1 aromatic rings. The van der Waals surface area contributed by atoms with Gasteiger partial charge in [-0.15, -0.1) is 12.4 Å². The summed E-state index contributed by atoms with van der Waals surface area (Å²) in [7, 11) is 0. The van der Waals surface area contributed by atoms with Crippen LogP contribution in [0.25, 0.3) is 0 Å². The van der Waals surface area contributed by atoms with E-state index in [1.807, 2.05) is 17.0 Å². The Hall–Kier alpha value is -1.39. The molecule has 0 bridgehead atoms. The smallest absolute Gasteiger partial charge is 0.254 e. The van der Waals surface area contributed by atoms with E-state index in [4.69, 9.17) is 0 Å². The molecule has 22 heavy (non-hydrogen) atoms. The first-order valence-electron chi connectivity index (χ1n) is 7.71. The van der Waals surface area contributed by atoms with Gasteiger partial charge >= 0.3 is 0 Å².